The topological polar surface area (TPSA) is 64.7 Å². The SMILES string of the molecule is O=C(CN1CCC[C@H]1CN1CCCC1)NC(=O)NC1CCCCC1. The van der Waals surface area contributed by atoms with E-state index in [1.807, 2.05) is 0 Å². The third kappa shape index (κ3) is 5.18. The van der Waals surface area contributed by atoms with Crippen LogP contribution in [0.1, 0.15) is 57.8 Å². The predicted molar refractivity (Wildman–Crippen MR) is 93.8 cm³/mol. The first-order chi connectivity index (χ1) is 11.7. The first-order valence-corrected chi connectivity index (χ1v) is 9.77. The molecular formula is C18H32N4O2. The van der Waals surface area contributed by atoms with Gasteiger partial charge in [0.05, 0.1) is 6.54 Å². The third-order valence-electron chi connectivity index (χ3n) is 5.71. The summed E-state index contributed by atoms with van der Waals surface area (Å²) in [5.74, 6) is -0.170. The van der Waals surface area contributed by atoms with Crippen LogP contribution in [-0.4, -0.2) is 66.5 Å². The van der Waals surface area contributed by atoms with E-state index in [0.717, 1.165) is 38.8 Å². The van der Waals surface area contributed by atoms with Crippen molar-refractivity contribution in [3.63, 3.8) is 0 Å². The van der Waals surface area contributed by atoms with Crippen LogP contribution >= 0.6 is 0 Å². The standard InChI is InChI=1S/C18H32N4O2/c23-17(20-18(24)19-15-7-2-1-3-8-15)14-22-12-6-9-16(22)13-21-10-4-5-11-21/h15-16H,1-14H2,(H2,19,20,23,24)/t16-/m0/s1. The van der Waals surface area contributed by atoms with Gasteiger partial charge >= 0.3 is 6.03 Å². The normalized spacial score (nSPS) is 26.6. The van der Waals surface area contributed by atoms with Crippen LogP contribution in [-0.2, 0) is 4.79 Å². The van der Waals surface area contributed by atoms with Crippen molar-refractivity contribution < 1.29 is 9.59 Å². The van der Waals surface area contributed by atoms with Gasteiger partial charge in [-0.25, -0.2) is 4.79 Å². The Bertz CT molecular complexity index is 431. The molecule has 3 aliphatic rings. The summed E-state index contributed by atoms with van der Waals surface area (Å²) in [6, 6.07) is 0.388. The van der Waals surface area contributed by atoms with Crippen LogP contribution in [0.4, 0.5) is 4.79 Å². The maximum atomic E-state index is 12.2. The Morgan fingerprint density at radius 1 is 0.875 bits per heavy atom. The molecule has 0 radical (unpaired) electrons. The van der Waals surface area contributed by atoms with Crippen molar-refractivity contribution in [3.05, 3.63) is 0 Å². The van der Waals surface area contributed by atoms with Gasteiger partial charge in [-0.15, -0.1) is 0 Å². The highest BCUT2D eigenvalue weighted by molar-refractivity contribution is 5.95. The smallest absolute Gasteiger partial charge is 0.321 e. The lowest BCUT2D eigenvalue weighted by molar-refractivity contribution is -0.121. The van der Waals surface area contributed by atoms with Gasteiger partial charge in [0.1, 0.15) is 0 Å². The number of hydrogen-bond donors (Lipinski definition) is 2. The van der Waals surface area contributed by atoms with Crippen LogP contribution in [0.5, 0.6) is 0 Å². The lowest BCUT2D eigenvalue weighted by Crippen LogP contribution is -2.49. The number of rotatable bonds is 5. The monoisotopic (exact) mass is 336 g/mol. The summed E-state index contributed by atoms with van der Waals surface area (Å²) in [6.45, 7) is 4.77. The molecule has 2 saturated heterocycles. The molecule has 2 heterocycles. The van der Waals surface area contributed by atoms with E-state index in [4.69, 9.17) is 0 Å². The van der Waals surface area contributed by atoms with Crippen molar-refractivity contribution in [2.24, 2.45) is 0 Å². The third-order valence-corrected chi connectivity index (χ3v) is 5.71. The summed E-state index contributed by atoms with van der Waals surface area (Å²) >= 11 is 0. The summed E-state index contributed by atoms with van der Waals surface area (Å²) in [5, 5.41) is 5.47. The Hall–Kier alpha value is -1.14. The van der Waals surface area contributed by atoms with Gasteiger partial charge in [0.2, 0.25) is 5.91 Å². The zero-order valence-electron chi connectivity index (χ0n) is 14.8. The predicted octanol–water partition coefficient (Wildman–Crippen LogP) is 1.71. The number of urea groups is 1. The Kier molecular flexibility index (Phi) is 6.49. The van der Waals surface area contributed by atoms with Gasteiger partial charge in [-0.2, -0.15) is 0 Å². The number of hydrogen-bond acceptors (Lipinski definition) is 4. The van der Waals surface area contributed by atoms with E-state index < -0.39 is 0 Å². The molecule has 0 spiro atoms. The number of imide groups is 1. The van der Waals surface area contributed by atoms with Gasteiger partial charge in [-0.3, -0.25) is 15.0 Å². The number of nitrogens with one attached hydrogen (secondary N) is 2. The molecule has 0 unspecified atom stereocenters. The highest BCUT2D eigenvalue weighted by Gasteiger charge is 2.29. The molecule has 1 saturated carbocycles. The number of carbonyl (C=O) groups excluding carboxylic acids is 2. The molecule has 24 heavy (non-hydrogen) atoms. The van der Waals surface area contributed by atoms with Crippen molar-refractivity contribution in [2.45, 2.75) is 69.9 Å². The van der Waals surface area contributed by atoms with Gasteiger partial charge in [-0.1, -0.05) is 19.3 Å². The Balaban J connectivity index is 1.39. The summed E-state index contributed by atoms with van der Waals surface area (Å²) in [6.07, 6.45) is 10.6. The molecule has 0 bridgehead atoms. The van der Waals surface area contributed by atoms with E-state index in [0.29, 0.717) is 12.6 Å². The molecule has 3 amide bonds. The molecule has 136 valence electrons. The highest BCUT2D eigenvalue weighted by Crippen LogP contribution is 2.20. The van der Waals surface area contributed by atoms with Crippen LogP contribution in [0, 0.1) is 0 Å². The van der Waals surface area contributed by atoms with E-state index in [1.54, 1.807) is 0 Å². The maximum Gasteiger partial charge on any atom is 0.321 e. The van der Waals surface area contributed by atoms with E-state index in [-0.39, 0.29) is 18.0 Å². The van der Waals surface area contributed by atoms with Crippen molar-refractivity contribution in [1.29, 1.82) is 0 Å². The first kappa shape index (κ1) is 17.7. The zero-order chi connectivity index (χ0) is 16.8. The van der Waals surface area contributed by atoms with Gasteiger partial charge in [0.25, 0.3) is 0 Å². The van der Waals surface area contributed by atoms with Crippen molar-refractivity contribution in [1.82, 2.24) is 20.4 Å². The van der Waals surface area contributed by atoms with Crippen LogP contribution in [0.2, 0.25) is 0 Å². The summed E-state index contributed by atoms with van der Waals surface area (Å²) < 4.78 is 0. The minimum Gasteiger partial charge on any atom is -0.335 e. The minimum atomic E-state index is -0.317. The van der Waals surface area contributed by atoms with Gasteiger partial charge < -0.3 is 10.2 Å². The maximum absolute atomic E-state index is 12.2. The fourth-order valence-corrected chi connectivity index (χ4v) is 4.39. The van der Waals surface area contributed by atoms with Crippen LogP contribution in [0.25, 0.3) is 0 Å². The molecule has 3 rings (SSSR count). The van der Waals surface area contributed by atoms with Crippen molar-refractivity contribution in [2.75, 3.05) is 32.7 Å². The van der Waals surface area contributed by atoms with Gasteiger partial charge in [0, 0.05) is 18.6 Å². The molecule has 2 aliphatic heterocycles. The number of nitrogens with zero attached hydrogens (tertiary/aromatic N) is 2. The molecular weight excluding hydrogens is 304 g/mol. The zero-order valence-corrected chi connectivity index (χ0v) is 14.8. The van der Waals surface area contributed by atoms with Crippen LogP contribution in [0.15, 0.2) is 0 Å². The van der Waals surface area contributed by atoms with Crippen molar-refractivity contribution in [3.8, 4) is 0 Å². The fourth-order valence-electron chi connectivity index (χ4n) is 4.39. The van der Waals surface area contributed by atoms with Crippen molar-refractivity contribution >= 4 is 11.9 Å². The van der Waals surface area contributed by atoms with E-state index in [9.17, 15) is 9.59 Å². The fraction of sp³-hybridized carbons (Fsp3) is 0.889. The number of carbonyl (C=O) groups is 2. The largest absolute Gasteiger partial charge is 0.335 e. The number of amides is 3. The molecule has 6 heteroatoms. The molecule has 0 aromatic heterocycles. The second-order valence-electron chi connectivity index (χ2n) is 7.63. The Labute approximate surface area is 145 Å². The molecule has 3 fully saturated rings. The Morgan fingerprint density at radius 3 is 2.38 bits per heavy atom. The molecule has 1 aliphatic carbocycles. The molecule has 0 aromatic rings. The molecule has 2 N–H and O–H groups in total. The molecule has 6 nitrogen and oxygen atoms in total. The summed E-state index contributed by atoms with van der Waals surface area (Å²) in [7, 11) is 0. The first-order valence-electron chi connectivity index (χ1n) is 9.77. The molecule has 1 atom stereocenters. The van der Waals surface area contributed by atoms with E-state index in [1.165, 1.54) is 45.2 Å². The van der Waals surface area contributed by atoms with Gasteiger partial charge in [-0.05, 0) is 58.2 Å². The Morgan fingerprint density at radius 2 is 1.62 bits per heavy atom. The second-order valence-corrected chi connectivity index (χ2v) is 7.63. The highest BCUT2D eigenvalue weighted by atomic mass is 16.2. The van der Waals surface area contributed by atoms with Crippen LogP contribution in [0.3, 0.4) is 0 Å². The van der Waals surface area contributed by atoms with Gasteiger partial charge in [0.15, 0.2) is 0 Å². The van der Waals surface area contributed by atoms with E-state index in [2.05, 4.69) is 20.4 Å². The average molecular weight is 336 g/mol. The lowest BCUT2D eigenvalue weighted by atomic mass is 9.96. The average Bonchev–Trinajstić information content (AvgIpc) is 3.21. The summed E-state index contributed by atoms with van der Waals surface area (Å²) in [4.78, 5) is 29.0. The minimum absolute atomic E-state index is 0.170. The second kappa shape index (κ2) is 8.81. The molecule has 0 aromatic carbocycles. The van der Waals surface area contributed by atoms with Crippen LogP contribution < -0.4 is 10.6 Å². The van der Waals surface area contributed by atoms with E-state index >= 15 is 0 Å². The quantitative estimate of drug-likeness (QED) is 0.802. The summed E-state index contributed by atoms with van der Waals surface area (Å²) in [5.41, 5.74) is 0. The number of likely N-dealkylation sites (tertiary alicyclic amines) is 2. The lowest BCUT2D eigenvalue weighted by Gasteiger charge is -2.28.